The Balaban J connectivity index is 1.68. The summed E-state index contributed by atoms with van der Waals surface area (Å²) in [4.78, 5) is 24.2. The van der Waals surface area contributed by atoms with Crippen LogP contribution in [0.1, 0.15) is 10.4 Å². The minimum absolute atomic E-state index is 0.238. The van der Waals surface area contributed by atoms with Crippen molar-refractivity contribution in [3.63, 3.8) is 0 Å². The smallest absolute Gasteiger partial charge is 0.257 e. The van der Waals surface area contributed by atoms with Crippen molar-refractivity contribution in [1.82, 2.24) is 15.0 Å². The molecule has 0 bridgehead atoms. The molecule has 0 aliphatic heterocycles. The summed E-state index contributed by atoms with van der Waals surface area (Å²) >= 11 is 0. The van der Waals surface area contributed by atoms with E-state index in [4.69, 9.17) is 4.74 Å². The molecule has 1 aromatic carbocycles. The Bertz CT molecular complexity index is 1070. The standard InChI is InChI=1S/C20H16N4O2/c1-26-16-8-15(10-21-11-16)24-20(25)18-12-23-19-17(18)7-14(9-22-19)13-5-3-2-4-6-13/h2-12H,1H3,(H,22,23)(H,24,25). The number of carbonyl (C=O) groups is 1. The Kier molecular flexibility index (Phi) is 4.07. The first-order valence-electron chi connectivity index (χ1n) is 8.07. The molecule has 0 saturated carbocycles. The minimum Gasteiger partial charge on any atom is -0.495 e. The van der Waals surface area contributed by atoms with Gasteiger partial charge in [-0.3, -0.25) is 9.78 Å². The van der Waals surface area contributed by atoms with Crippen molar-refractivity contribution in [3.8, 4) is 16.9 Å². The zero-order chi connectivity index (χ0) is 17.9. The third-order valence-electron chi connectivity index (χ3n) is 4.09. The van der Waals surface area contributed by atoms with Gasteiger partial charge in [-0.05, 0) is 11.6 Å². The summed E-state index contributed by atoms with van der Waals surface area (Å²) in [5.41, 5.74) is 3.75. The molecular weight excluding hydrogens is 328 g/mol. The van der Waals surface area contributed by atoms with Crippen LogP contribution in [0.2, 0.25) is 0 Å². The first kappa shape index (κ1) is 15.8. The van der Waals surface area contributed by atoms with Crippen molar-refractivity contribution >= 4 is 22.6 Å². The summed E-state index contributed by atoms with van der Waals surface area (Å²) < 4.78 is 5.13. The third-order valence-corrected chi connectivity index (χ3v) is 4.09. The number of hydrogen-bond acceptors (Lipinski definition) is 4. The minimum atomic E-state index is -0.238. The summed E-state index contributed by atoms with van der Waals surface area (Å²) in [5, 5.41) is 3.60. The van der Waals surface area contributed by atoms with E-state index in [-0.39, 0.29) is 5.91 Å². The van der Waals surface area contributed by atoms with E-state index in [2.05, 4.69) is 20.3 Å². The number of methoxy groups -OCH3 is 1. The van der Waals surface area contributed by atoms with Crippen LogP contribution in [-0.2, 0) is 0 Å². The number of benzene rings is 1. The van der Waals surface area contributed by atoms with E-state index in [0.717, 1.165) is 16.5 Å². The van der Waals surface area contributed by atoms with Gasteiger partial charge in [-0.1, -0.05) is 30.3 Å². The fourth-order valence-corrected chi connectivity index (χ4v) is 2.78. The monoisotopic (exact) mass is 344 g/mol. The van der Waals surface area contributed by atoms with Crippen molar-refractivity contribution in [2.75, 3.05) is 12.4 Å². The van der Waals surface area contributed by atoms with Crippen molar-refractivity contribution < 1.29 is 9.53 Å². The molecule has 0 fully saturated rings. The highest BCUT2D eigenvalue weighted by Crippen LogP contribution is 2.25. The number of rotatable bonds is 4. The molecule has 0 spiro atoms. The molecule has 128 valence electrons. The van der Waals surface area contributed by atoms with Gasteiger partial charge in [-0.15, -0.1) is 0 Å². The highest BCUT2D eigenvalue weighted by atomic mass is 16.5. The summed E-state index contributed by atoms with van der Waals surface area (Å²) in [6, 6.07) is 13.6. The van der Waals surface area contributed by atoms with Crippen LogP contribution in [0.25, 0.3) is 22.2 Å². The van der Waals surface area contributed by atoms with Crippen LogP contribution in [0.4, 0.5) is 5.69 Å². The largest absolute Gasteiger partial charge is 0.495 e. The van der Waals surface area contributed by atoms with Crippen molar-refractivity contribution in [2.45, 2.75) is 0 Å². The quantitative estimate of drug-likeness (QED) is 0.589. The molecule has 6 nitrogen and oxygen atoms in total. The molecule has 26 heavy (non-hydrogen) atoms. The molecular formula is C20H16N4O2. The maximum atomic E-state index is 12.7. The molecule has 4 rings (SSSR count). The van der Waals surface area contributed by atoms with Crippen molar-refractivity contribution in [2.24, 2.45) is 0 Å². The Morgan fingerprint density at radius 3 is 2.73 bits per heavy atom. The number of ether oxygens (including phenoxy) is 1. The molecule has 3 aromatic heterocycles. The van der Waals surface area contributed by atoms with Crippen LogP contribution in [0.5, 0.6) is 5.75 Å². The first-order chi connectivity index (χ1) is 12.7. The van der Waals surface area contributed by atoms with E-state index < -0.39 is 0 Å². The molecule has 2 N–H and O–H groups in total. The number of amides is 1. The number of nitrogens with one attached hydrogen (secondary N) is 2. The Morgan fingerprint density at radius 1 is 1.08 bits per heavy atom. The SMILES string of the molecule is COc1cncc(NC(=O)c2c[nH]c3ncc(-c4ccccc4)cc23)c1. The topological polar surface area (TPSA) is 79.9 Å². The van der Waals surface area contributed by atoms with E-state index in [1.54, 1.807) is 38.0 Å². The number of aromatic amines is 1. The predicted octanol–water partition coefficient (Wildman–Crippen LogP) is 3.89. The lowest BCUT2D eigenvalue weighted by molar-refractivity contribution is 0.102. The van der Waals surface area contributed by atoms with Gasteiger partial charge in [0.1, 0.15) is 11.4 Å². The lowest BCUT2D eigenvalue weighted by Gasteiger charge is -2.06. The van der Waals surface area contributed by atoms with E-state index in [9.17, 15) is 4.79 Å². The summed E-state index contributed by atoms with van der Waals surface area (Å²) in [6.45, 7) is 0. The molecule has 0 atom stereocenters. The normalized spacial score (nSPS) is 10.7. The summed E-state index contributed by atoms with van der Waals surface area (Å²) in [6.07, 6.45) is 6.61. The number of hydrogen-bond donors (Lipinski definition) is 2. The number of anilines is 1. The number of nitrogens with zero attached hydrogens (tertiary/aromatic N) is 2. The molecule has 0 aliphatic rings. The van der Waals surface area contributed by atoms with Crippen molar-refractivity contribution in [1.29, 1.82) is 0 Å². The maximum absolute atomic E-state index is 12.7. The fraction of sp³-hybridized carbons (Fsp3) is 0.0500. The molecule has 6 heteroatoms. The summed E-state index contributed by atoms with van der Waals surface area (Å²) in [5.74, 6) is 0.341. The lowest BCUT2D eigenvalue weighted by atomic mass is 10.1. The lowest BCUT2D eigenvalue weighted by Crippen LogP contribution is -2.11. The van der Waals surface area contributed by atoms with E-state index in [0.29, 0.717) is 22.6 Å². The number of aromatic nitrogens is 3. The van der Waals surface area contributed by atoms with Gasteiger partial charge in [0.15, 0.2) is 0 Å². The fourth-order valence-electron chi connectivity index (χ4n) is 2.78. The molecule has 1 amide bonds. The first-order valence-corrected chi connectivity index (χ1v) is 8.07. The molecule has 0 radical (unpaired) electrons. The highest BCUT2D eigenvalue weighted by Gasteiger charge is 2.14. The number of carbonyl (C=O) groups excluding carboxylic acids is 1. The average molecular weight is 344 g/mol. The van der Waals surface area contributed by atoms with Crippen LogP contribution in [0, 0.1) is 0 Å². The van der Waals surface area contributed by atoms with Crippen molar-refractivity contribution in [3.05, 3.63) is 72.8 Å². The number of H-pyrrole nitrogens is 1. The van der Waals surface area contributed by atoms with Gasteiger partial charge in [0.05, 0.1) is 30.8 Å². The van der Waals surface area contributed by atoms with Crippen LogP contribution in [-0.4, -0.2) is 28.0 Å². The van der Waals surface area contributed by atoms with E-state index in [1.807, 2.05) is 36.4 Å². The molecule has 3 heterocycles. The Hall–Kier alpha value is -3.67. The van der Waals surface area contributed by atoms with Crippen LogP contribution in [0.3, 0.4) is 0 Å². The average Bonchev–Trinajstić information content (AvgIpc) is 3.12. The van der Waals surface area contributed by atoms with Gasteiger partial charge in [-0.25, -0.2) is 4.98 Å². The van der Waals surface area contributed by atoms with Gasteiger partial charge >= 0.3 is 0 Å². The second-order valence-electron chi connectivity index (χ2n) is 5.76. The Labute approximate surface area is 149 Å². The molecule has 4 aromatic rings. The third kappa shape index (κ3) is 3.00. The van der Waals surface area contributed by atoms with Gasteiger partial charge in [-0.2, -0.15) is 0 Å². The molecule has 0 unspecified atom stereocenters. The Morgan fingerprint density at radius 2 is 1.92 bits per heavy atom. The molecule has 0 aliphatic carbocycles. The zero-order valence-electron chi connectivity index (χ0n) is 14.1. The van der Waals surface area contributed by atoms with Crippen LogP contribution in [0.15, 0.2) is 67.3 Å². The predicted molar refractivity (Wildman–Crippen MR) is 100 cm³/mol. The van der Waals surface area contributed by atoms with E-state index in [1.165, 1.54) is 0 Å². The summed E-state index contributed by atoms with van der Waals surface area (Å²) in [7, 11) is 1.55. The van der Waals surface area contributed by atoms with Gasteiger partial charge in [0.25, 0.3) is 5.91 Å². The van der Waals surface area contributed by atoms with Crippen LogP contribution < -0.4 is 10.1 Å². The van der Waals surface area contributed by atoms with Gasteiger partial charge in [0, 0.05) is 29.4 Å². The highest BCUT2D eigenvalue weighted by molar-refractivity contribution is 6.12. The van der Waals surface area contributed by atoms with Gasteiger partial charge < -0.3 is 15.0 Å². The number of pyridine rings is 2. The maximum Gasteiger partial charge on any atom is 0.257 e. The zero-order valence-corrected chi connectivity index (χ0v) is 14.1. The number of fused-ring (bicyclic) bond motifs is 1. The molecule has 0 saturated heterocycles. The van der Waals surface area contributed by atoms with E-state index >= 15 is 0 Å². The second-order valence-corrected chi connectivity index (χ2v) is 5.76. The van der Waals surface area contributed by atoms with Crippen LogP contribution >= 0.6 is 0 Å². The van der Waals surface area contributed by atoms with Gasteiger partial charge in [0.2, 0.25) is 0 Å². The second kappa shape index (κ2) is 6.68.